The Bertz CT molecular complexity index is 1650. The number of nitrogens with zero attached hydrogens (tertiary/aromatic N) is 3. The first-order valence-corrected chi connectivity index (χ1v) is 11.5. The highest BCUT2D eigenvalue weighted by Crippen LogP contribution is 2.28. The lowest BCUT2D eigenvalue weighted by molar-refractivity contribution is 0.0786. The van der Waals surface area contributed by atoms with Crippen molar-refractivity contribution < 1.29 is 4.79 Å². The Morgan fingerprint density at radius 1 is 0.941 bits per heavy atom. The van der Waals surface area contributed by atoms with Crippen molar-refractivity contribution in [3.05, 3.63) is 103 Å². The fraction of sp³-hybridized carbons (Fsp3) is 0.160. The minimum atomic E-state index is -0.264. The van der Waals surface area contributed by atoms with E-state index in [1.165, 1.54) is 16.2 Å². The molecular formula is C25H21N5O3S. The number of aromatic nitrogens is 4. The molecule has 0 aliphatic carbocycles. The normalized spacial score (nSPS) is 11.2. The van der Waals surface area contributed by atoms with Gasteiger partial charge in [0, 0.05) is 13.5 Å². The molecule has 0 spiro atoms. The molecule has 0 atom stereocenters. The summed E-state index contributed by atoms with van der Waals surface area (Å²) in [5.41, 5.74) is 1.69. The number of carbonyl (C=O) groups excluding carboxylic acids is 1. The topological polar surface area (TPSA) is 112 Å². The molecule has 3 heterocycles. The zero-order chi connectivity index (χ0) is 23.8. The number of aromatic amines is 2. The molecule has 3 aromatic heterocycles. The van der Waals surface area contributed by atoms with Gasteiger partial charge in [-0.25, -0.2) is 9.97 Å². The molecule has 2 N–H and O–H groups in total. The zero-order valence-corrected chi connectivity index (χ0v) is 19.4. The number of fused-ring (bicyclic) bond motifs is 2. The van der Waals surface area contributed by atoms with Crippen molar-refractivity contribution in [3.63, 3.8) is 0 Å². The van der Waals surface area contributed by atoms with E-state index in [0.717, 1.165) is 5.56 Å². The van der Waals surface area contributed by atoms with Crippen molar-refractivity contribution in [1.29, 1.82) is 0 Å². The number of nitrogens with one attached hydrogen (secondary N) is 2. The zero-order valence-electron chi connectivity index (χ0n) is 18.6. The smallest absolute Gasteiger partial charge is 0.264 e. The first-order valence-electron chi connectivity index (χ1n) is 10.7. The lowest BCUT2D eigenvalue weighted by atomic mass is 10.1. The SMILES string of the molecule is Cc1c(C(=O)N(C)Cc2nc3ccccc3c(=O)[nH]2)sc2nc(Cc3ccccc3)[nH]c(=O)c12. The molecule has 0 fully saturated rings. The highest BCUT2D eigenvalue weighted by Gasteiger charge is 2.22. The van der Waals surface area contributed by atoms with Crippen LogP contribution in [0.15, 0.2) is 64.2 Å². The number of para-hydroxylation sites is 1. The third kappa shape index (κ3) is 4.01. The van der Waals surface area contributed by atoms with Gasteiger partial charge in [-0.15, -0.1) is 11.3 Å². The van der Waals surface area contributed by atoms with E-state index in [1.807, 2.05) is 36.4 Å². The Labute approximate surface area is 197 Å². The molecular weight excluding hydrogens is 450 g/mol. The predicted molar refractivity (Wildman–Crippen MR) is 132 cm³/mol. The van der Waals surface area contributed by atoms with Crippen molar-refractivity contribution in [3.8, 4) is 0 Å². The van der Waals surface area contributed by atoms with E-state index in [9.17, 15) is 14.4 Å². The second-order valence-electron chi connectivity index (χ2n) is 8.10. The van der Waals surface area contributed by atoms with Gasteiger partial charge in [0.05, 0.1) is 27.7 Å². The van der Waals surface area contributed by atoms with Gasteiger partial charge in [-0.3, -0.25) is 14.4 Å². The molecule has 9 heteroatoms. The second-order valence-corrected chi connectivity index (χ2v) is 9.10. The molecule has 1 amide bonds. The number of benzene rings is 2. The monoisotopic (exact) mass is 471 g/mol. The van der Waals surface area contributed by atoms with Crippen molar-refractivity contribution in [2.75, 3.05) is 7.05 Å². The number of aryl methyl sites for hydroxylation is 1. The number of hydrogen-bond acceptors (Lipinski definition) is 6. The third-order valence-corrected chi connectivity index (χ3v) is 6.83. The van der Waals surface area contributed by atoms with Gasteiger partial charge in [-0.2, -0.15) is 0 Å². The fourth-order valence-corrected chi connectivity index (χ4v) is 5.14. The number of hydrogen-bond donors (Lipinski definition) is 2. The van der Waals surface area contributed by atoms with E-state index in [0.29, 0.717) is 49.6 Å². The summed E-state index contributed by atoms with van der Waals surface area (Å²) in [5.74, 6) is 0.676. The Morgan fingerprint density at radius 3 is 2.44 bits per heavy atom. The Balaban J connectivity index is 1.44. The summed E-state index contributed by atoms with van der Waals surface area (Å²) in [6.45, 7) is 1.87. The number of thiophene rings is 1. The Morgan fingerprint density at radius 2 is 1.65 bits per heavy atom. The van der Waals surface area contributed by atoms with E-state index < -0.39 is 0 Å². The van der Waals surface area contributed by atoms with E-state index >= 15 is 0 Å². The van der Waals surface area contributed by atoms with Crippen molar-refractivity contribution in [2.45, 2.75) is 19.9 Å². The van der Waals surface area contributed by atoms with Gasteiger partial charge in [0.2, 0.25) is 0 Å². The van der Waals surface area contributed by atoms with Crippen LogP contribution in [-0.2, 0) is 13.0 Å². The fourth-order valence-electron chi connectivity index (χ4n) is 3.94. The van der Waals surface area contributed by atoms with Gasteiger partial charge in [0.1, 0.15) is 16.5 Å². The van der Waals surface area contributed by atoms with Crippen LogP contribution in [0.5, 0.6) is 0 Å². The van der Waals surface area contributed by atoms with Crippen LogP contribution in [0.3, 0.4) is 0 Å². The summed E-state index contributed by atoms with van der Waals surface area (Å²) in [6, 6.07) is 16.8. The largest absolute Gasteiger partial charge is 0.334 e. The summed E-state index contributed by atoms with van der Waals surface area (Å²) in [6.07, 6.45) is 0.493. The highest BCUT2D eigenvalue weighted by molar-refractivity contribution is 7.20. The predicted octanol–water partition coefficient (Wildman–Crippen LogP) is 3.39. The number of amides is 1. The summed E-state index contributed by atoms with van der Waals surface area (Å²) in [7, 11) is 1.64. The number of rotatable bonds is 5. The van der Waals surface area contributed by atoms with Crippen LogP contribution < -0.4 is 11.1 Å². The van der Waals surface area contributed by atoms with E-state index in [2.05, 4.69) is 19.9 Å². The van der Waals surface area contributed by atoms with Gasteiger partial charge in [0.15, 0.2) is 0 Å². The standard InChI is InChI=1S/C25H21N5O3S/c1-14-20-23(32)27-18(12-15-8-4-3-5-9-15)29-24(20)34-21(14)25(33)30(2)13-19-26-17-11-7-6-10-16(17)22(31)28-19/h3-11H,12-13H2,1-2H3,(H,26,28,31)(H,27,29,32). The molecule has 5 aromatic rings. The second kappa shape index (κ2) is 8.68. The summed E-state index contributed by atoms with van der Waals surface area (Å²) >= 11 is 1.20. The lowest BCUT2D eigenvalue weighted by Crippen LogP contribution is -2.28. The van der Waals surface area contributed by atoms with Gasteiger partial charge in [-0.05, 0) is 30.2 Å². The molecule has 0 bridgehead atoms. The quantitative estimate of drug-likeness (QED) is 0.408. The molecule has 0 saturated carbocycles. The van der Waals surface area contributed by atoms with Crippen LogP contribution in [-0.4, -0.2) is 37.8 Å². The van der Waals surface area contributed by atoms with Crippen molar-refractivity contribution in [2.24, 2.45) is 0 Å². The maximum Gasteiger partial charge on any atom is 0.264 e. The average molecular weight is 472 g/mol. The summed E-state index contributed by atoms with van der Waals surface area (Å²) < 4.78 is 0. The van der Waals surface area contributed by atoms with Crippen LogP contribution >= 0.6 is 11.3 Å². The van der Waals surface area contributed by atoms with Gasteiger partial charge in [-0.1, -0.05) is 42.5 Å². The van der Waals surface area contributed by atoms with Gasteiger partial charge < -0.3 is 14.9 Å². The number of H-pyrrole nitrogens is 2. The molecule has 0 aliphatic heterocycles. The Kier molecular flexibility index (Phi) is 5.54. The maximum absolute atomic E-state index is 13.3. The molecule has 0 unspecified atom stereocenters. The number of carbonyl (C=O) groups is 1. The molecule has 34 heavy (non-hydrogen) atoms. The molecule has 2 aromatic carbocycles. The lowest BCUT2D eigenvalue weighted by Gasteiger charge is -2.16. The van der Waals surface area contributed by atoms with Crippen LogP contribution in [0.1, 0.15) is 32.4 Å². The molecule has 5 rings (SSSR count). The maximum atomic E-state index is 13.3. The van der Waals surface area contributed by atoms with Crippen molar-refractivity contribution >= 4 is 38.4 Å². The van der Waals surface area contributed by atoms with Gasteiger partial charge >= 0.3 is 0 Å². The van der Waals surface area contributed by atoms with E-state index in [1.54, 1.807) is 32.2 Å². The van der Waals surface area contributed by atoms with Crippen molar-refractivity contribution in [1.82, 2.24) is 24.8 Å². The van der Waals surface area contributed by atoms with Crippen LogP contribution in [0.4, 0.5) is 0 Å². The first kappa shape index (κ1) is 21.7. The Hall–Kier alpha value is -4.11. The molecule has 0 saturated heterocycles. The molecule has 8 nitrogen and oxygen atoms in total. The molecule has 170 valence electrons. The highest BCUT2D eigenvalue weighted by atomic mass is 32.1. The van der Waals surface area contributed by atoms with Crippen LogP contribution in [0, 0.1) is 6.92 Å². The molecule has 0 aliphatic rings. The summed E-state index contributed by atoms with van der Waals surface area (Å²) in [4.78, 5) is 55.5. The third-order valence-electron chi connectivity index (χ3n) is 5.65. The minimum absolute atomic E-state index is 0.121. The van der Waals surface area contributed by atoms with Crippen LogP contribution in [0.25, 0.3) is 21.1 Å². The van der Waals surface area contributed by atoms with Crippen LogP contribution in [0.2, 0.25) is 0 Å². The van der Waals surface area contributed by atoms with Gasteiger partial charge in [0.25, 0.3) is 17.0 Å². The average Bonchev–Trinajstić information content (AvgIpc) is 3.15. The minimum Gasteiger partial charge on any atom is -0.334 e. The first-order chi connectivity index (χ1) is 16.4. The van der Waals surface area contributed by atoms with E-state index in [4.69, 9.17) is 0 Å². The van der Waals surface area contributed by atoms with E-state index in [-0.39, 0.29) is 23.6 Å². The summed E-state index contributed by atoms with van der Waals surface area (Å²) in [5, 5.41) is 0.924. The molecule has 0 radical (unpaired) electrons.